The molecule has 6 heteroatoms. The summed E-state index contributed by atoms with van der Waals surface area (Å²) in [5, 5.41) is 7.59. The Bertz CT molecular complexity index is 2650. The lowest BCUT2D eigenvalue weighted by molar-refractivity contribution is 1.08. The van der Waals surface area contributed by atoms with Gasteiger partial charge in [-0.1, -0.05) is 86.3 Å². The topological polar surface area (TPSA) is 38.7 Å². The molecule has 0 unspecified atom stereocenters. The van der Waals surface area contributed by atoms with E-state index in [1.165, 1.54) is 60.5 Å². The average Bonchev–Trinajstić information content (AvgIpc) is 3.78. The molecular formula is C40H25N3S3. The number of fused-ring (bicyclic) bond motifs is 9. The zero-order chi connectivity index (χ0) is 29.5. The summed E-state index contributed by atoms with van der Waals surface area (Å²) >= 11 is 5.44. The van der Waals surface area contributed by atoms with Crippen molar-refractivity contribution in [1.29, 1.82) is 0 Å². The van der Waals surface area contributed by atoms with Crippen LogP contribution in [0.25, 0.3) is 94.7 Å². The smallest absolute Gasteiger partial charge is 0.164 e. The summed E-state index contributed by atoms with van der Waals surface area (Å²) in [7, 11) is 0. The van der Waals surface area contributed by atoms with Gasteiger partial charge in [-0.25, -0.2) is 15.0 Å². The van der Waals surface area contributed by atoms with Gasteiger partial charge in [-0.2, -0.15) is 0 Å². The molecule has 0 aliphatic carbocycles. The van der Waals surface area contributed by atoms with Gasteiger partial charge in [0.15, 0.2) is 17.5 Å². The van der Waals surface area contributed by atoms with Crippen LogP contribution in [0.15, 0.2) is 127 Å². The monoisotopic (exact) mass is 643 g/mol. The van der Waals surface area contributed by atoms with Crippen molar-refractivity contribution in [3.05, 3.63) is 127 Å². The van der Waals surface area contributed by atoms with E-state index in [2.05, 4.69) is 127 Å². The maximum atomic E-state index is 5.12. The van der Waals surface area contributed by atoms with Gasteiger partial charge in [-0.3, -0.25) is 0 Å². The third kappa shape index (κ3) is 4.26. The molecule has 6 aromatic carbocycles. The largest absolute Gasteiger partial charge is 0.208 e. The molecule has 0 saturated heterocycles. The van der Waals surface area contributed by atoms with Crippen molar-refractivity contribution in [1.82, 2.24) is 15.0 Å². The fourth-order valence-corrected chi connectivity index (χ4v) is 9.74. The van der Waals surface area contributed by atoms with Crippen molar-refractivity contribution in [3.8, 4) is 34.2 Å². The molecular weight excluding hydrogens is 619 g/mol. The molecule has 0 spiro atoms. The van der Waals surface area contributed by atoms with E-state index in [-0.39, 0.29) is 7.43 Å². The van der Waals surface area contributed by atoms with Gasteiger partial charge in [0.2, 0.25) is 0 Å². The molecule has 0 bridgehead atoms. The molecule has 0 aliphatic heterocycles. The lowest BCUT2D eigenvalue weighted by Gasteiger charge is -2.09. The Morgan fingerprint density at radius 1 is 0.304 bits per heavy atom. The molecule has 0 N–H and O–H groups in total. The molecule has 3 nitrogen and oxygen atoms in total. The van der Waals surface area contributed by atoms with Crippen molar-refractivity contribution in [2.45, 2.75) is 7.43 Å². The molecule has 0 atom stereocenters. The number of aromatic nitrogens is 3. The Hall–Kier alpha value is -5.01. The van der Waals surface area contributed by atoms with Crippen LogP contribution in [-0.4, -0.2) is 15.0 Å². The van der Waals surface area contributed by atoms with Crippen molar-refractivity contribution < 1.29 is 0 Å². The van der Waals surface area contributed by atoms with Crippen LogP contribution in [0.3, 0.4) is 0 Å². The first-order valence-electron chi connectivity index (χ1n) is 14.8. The molecule has 0 saturated carbocycles. The lowest BCUT2D eigenvalue weighted by Crippen LogP contribution is -2.00. The Balaban J connectivity index is 0.00000292. The minimum absolute atomic E-state index is 0. The number of thiophene rings is 3. The van der Waals surface area contributed by atoms with Crippen LogP contribution in [0.5, 0.6) is 0 Å². The summed E-state index contributed by atoms with van der Waals surface area (Å²) in [5.41, 5.74) is 2.97. The predicted molar refractivity (Wildman–Crippen MR) is 202 cm³/mol. The van der Waals surface area contributed by atoms with E-state index < -0.39 is 0 Å². The van der Waals surface area contributed by atoms with Gasteiger partial charge in [-0.05, 0) is 48.5 Å². The van der Waals surface area contributed by atoms with E-state index in [4.69, 9.17) is 15.0 Å². The summed E-state index contributed by atoms with van der Waals surface area (Å²) in [4.78, 5) is 15.3. The van der Waals surface area contributed by atoms with Gasteiger partial charge < -0.3 is 0 Å². The number of rotatable bonds is 3. The van der Waals surface area contributed by atoms with Crippen LogP contribution < -0.4 is 0 Å². The van der Waals surface area contributed by atoms with Gasteiger partial charge in [0, 0.05) is 77.2 Å². The standard InChI is InChI=1S/C39H21N3S3.CH4/c1-4-10-31-25(7-1)28-16-13-23(20-35(28)44-31)38-40-37(22-15-18-34-30(19-22)27-9-3-6-12-33(27)43-34)41-39(42-38)24-14-17-29-26-8-2-5-11-32(26)45-36(29)21-24;/h1-21H;1H4. The zero-order valence-electron chi connectivity index (χ0n) is 23.7. The summed E-state index contributed by atoms with van der Waals surface area (Å²) in [6, 6.07) is 45.5. The van der Waals surface area contributed by atoms with Crippen molar-refractivity contribution in [3.63, 3.8) is 0 Å². The summed E-state index contributed by atoms with van der Waals surface area (Å²) in [6.07, 6.45) is 0. The maximum Gasteiger partial charge on any atom is 0.164 e. The van der Waals surface area contributed by atoms with E-state index in [1.807, 2.05) is 34.0 Å². The Morgan fingerprint density at radius 3 is 1.15 bits per heavy atom. The van der Waals surface area contributed by atoms with E-state index in [0.717, 1.165) is 16.7 Å². The fraction of sp³-hybridized carbons (Fsp3) is 0.0250. The fourth-order valence-electron chi connectivity index (χ4n) is 6.36. The maximum absolute atomic E-state index is 5.12. The highest BCUT2D eigenvalue weighted by Gasteiger charge is 2.16. The summed E-state index contributed by atoms with van der Waals surface area (Å²) in [6.45, 7) is 0. The molecule has 4 aromatic heterocycles. The van der Waals surface area contributed by atoms with Crippen LogP contribution in [0.4, 0.5) is 0 Å². The normalized spacial score (nSPS) is 11.7. The third-order valence-electron chi connectivity index (χ3n) is 8.54. The molecule has 0 fully saturated rings. The number of nitrogens with zero attached hydrogens (tertiary/aromatic N) is 3. The first kappa shape index (κ1) is 27.3. The number of hydrogen-bond acceptors (Lipinski definition) is 6. The van der Waals surface area contributed by atoms with Crippen LogP contribution in [0, 0.1) is 0 Å². The SMILES string of the molecule is C.c1ccc2c(c1)sc1cc(-c3nc(-c4ccc5c(c4)sc4ccccc45)nc(-c4ccc5sc6ccccc6c5c4)n3)ccc12. The Morgan fingerprint density at radius 2 is 0.652 bits per heavy atom. The van der Waals surface area contributed by atoms with Gasteiger partial charge in [0.25, 0.3) is 0 Å². The van der Waals surface area contributed by atoms with Crippen molar-refractivity contribution in [2.75, 3.05) is 0 Å². The highest BCUT2D eigenvalue weighted by molar-refractivity contribution is 7.26. The van der Waals surface area contributed by atoms with E-state index >= 15 is 0 Å². The second kappa shape index (κ2) is 10.5. The number of hydrogen-bond donors (Lipinski definition) is 0. The van der Waals surface area contributed by atoms with Crippen LogP contribution in [-0.2, 0) is 0 Å². The van der Waals surface area contributed by atoms with Gasteiger partial charge in [0.05, 0.1) is 0 Å². The lowest BCUT2D eigenvalue weighted by atomic mass is 10.1. The second-order valence-electron chi connectivity index (χ2n) is 11.2. The molecule has 10 aromatic rings. The highest BCUT2D eigenvalue weighted by atomic mass is 32.1. The molecule has 10 rings (SSSR count). The quantitative estimate of drug-likeness (QED) is 0.192. The van der Waals surface area contributed by atoms with Crippen LogP contribution in [0.1, 0.15) is 7.43 Å². The molecule has 46 heavy (non-hydrogen) atoms. The van der Waals surface area contributed by atoms with Gasteiger partial charge >= 0.3 is 0 Å². The molecule has 218 valence electrons. The van der Waals surface area contributed by atoms with Gasteiger partial charge in [0.1, 0.15) is 0 Å². The second-order valence-corrected chi connectivity index (χ2v) is 14.5. The molecule has 0 aliphatic rings. The average molecular weight is 644 g/mol. The van der Waals surface area contributed by atoms with Crippen molar-refractivity contribution >= 4 is 94.5 Å². The Labute approximate surface area is 277 Å². The minimum Gasteiger partial charge on any atom is -0.208 e. The first-order valence-corrected chi connectivity index (χ1v) is 17.2. The predicted octanol–water partition coefficient (Wildman–Crippen LogP) is 12.6. The molecule has 0 radical (unpaired) electrons. The van der Waals surface area contributed by atoms with Crippen LogP contribution in [0.2, 0.25) is 0 Å². The molecule has 4 heterocycles. The summed E-state index contributed by atoms with van der Waals surface area (Å²) < 4.78 is 7.59. The third-order valence-corrected chi connectivity index (χ3v) is 12.0. The van der Waals surface area contributed by atoms with Crippen LogP contribution >= 0.6 is 34.0 Å². The first-order chi connectivity index (χ1) is 22.2. The number of benzene rings is 6. The zero-order valence-corrected chi connectivity index (χ0v) is 26.1. The highest BCUT2D eigenvalue weighted by Crippen LogP contribution is 2.39. The van der Waals surface area contributed by atoms with Crippen molar-refractivity contribution in [2.24, 2.45) is 0 Å². The summed E-state index contributed by atoms with van der Waals surface area (Å²) in [5.74, 6) is 2.04. The van der Waals surface area contributed by atoms with E-state index in [0.29, 0.717) is 17.5 Å². The van der Waals surface area contributed by atoms with Gasteiger partial charge in [-0.15, -0.1) is 34.0 Å². The minimum atomic E-state index is 0. The van der Waals surface area contributed by atoms with E-state index in [1.54, 1.807) is 0 Å². The Kier molecular flexibility index (Phi) is 6.25. The van der Waals surface area contributed by atoms with E-state index in [9.17, 15) is 0 Å². The molecule has 0 amide bonds.